The third-order valence-electron chi connectivity index (χ3n) is 6.92. The number of esters is 1. The van der Waals surface area contributed by atoms with Gasteiger partial charge in [0.1, 0.15) is 17.6 Å². The monoisotopic (exact) mass is 358 g/mol. The average Bonchev–Trinajstić information content (AvgIpc) is 2.81. The first-order chi connectivity index (χ1) is 12.2. The highest BCUT2D eigenvalue weighted by molar-refractivity contribution is 6.51. The van der Waals surface area contributed by atoms with Gasteiger partial charge in [0.15, 0.2) is 0 Å². The predicted molar refractivity (Wildman–Crippen MR) is 94.2 cm³/mol. The summed E-state index contributed by atoms with van der Waals surface area (Å²) in [6.45, 7) is 8.05. The van der Waals surface area contributed by atoms with Crippen molar-refractivity contribution >= 4 is 17.5 Å². The van der Waals surface area contributed by atoms with Crippen molar-refractivity contribution in [2.24, 2.45) is 22.7 Å². The third-order valence-corrected chi connectivity index (χ3v) is 6.92. The molecule has 0 aromatic rings. The maximum absolute atomic E-state index is 13.2. The molecule has 1 aliphatic heterocycles. The van der Waals surface area contributed by atoms with Crippen LogP contribution in [0.1, 0.15) is 47.0 Å². The summed E-state index contributed by atoms with van der Waals surface area (Å²) in [6.07, 6.45) is 3.25. The molecule has 5 heteroatoms. The van der Waals surface area contributed by atoms with Gasteiger partial charge >= 0.3 is 5.97 Å². The lowest BCUT2D eigenvalue weighted by Crippen LogP contribution is -2.57. The van der Waals surface area contributed by atoms with Crippen LogP contribution in [0.5, 0.6) is 0 Å². The molecular formula is C21H26O5. The van der Waals surface area contributed by atoms with Crippen molar-refractivity contribution in [1.82, 2.24) is 0 Å². The summed E-state index contributed by atoms with van der Waals surface area (Å²) >= 11 is 0. The summed E-state index contributed by atoms with van der Waals surface area (Å²) in [5.41, 5.74) is 0.367. The van der Waals surface area contributed by atoms with Crippen molar-refractivity contribution in [3.63, 3.8) is 0 Å². The zero-order valence-electron chi connectivity index (χ0n) is 16.0. The lowest BCUT2D eigenvalue weighted by Gasteiger charge is -2.52. The molecule has 0 aromatic heterocycles. The molecule has 4 rings (SSSR count). The molecule has 140 valence electrons. The molecule has 3 aliphatic carbocycles. The maximum Gasteiger partial charge on any atom is 0.317 e. The van der Waals surface area contributed by atoms with Gasteiger partial charge in [0.05, 0.1) is 0 Å². The van der Waals surface area contributed by atoms with Gasteiger partial charge in [-0.25, -0.2) is 0 Å². The van der Waals surface area contributed by atoms with Gasteiger partial charge in [0.25, 0.3) is 0 Å². The van der Waals surface area contributed by atoms with Crippen molar-refractivity contribution in [1.29, 1.82) is 0 Å². The Balaban J connectivity index is 2.03. The topological polar surface area (TPSA) is 69.7 Å². The molecule has 0 amide bonds. The highest BCUT2D eigenvalue weighted by Crippen LogP contribution is 2.65. The fourth-order valence-corrected chi connectivity index (χ4v) is 5.90. The molecule has 1 saturated carbocycles. The van der Waals surface area contributed by atoms with Crippen LogP contribution in [0.4, 0.5) is 0 Å². The summed E-state index contributed by atoms with van der Waals surface area (Å²) in [5.74, 6) is -1.58. The molecule has 2 fully saturated rings. The van der Waals surface area contributed by atoms with Gasteiger partial charge in [-0.3, -0.25) is 14.4 Å². The Morgan fingerprint density at radius 1 is 1.15 bits per heavy atom. The number of allylic oxidation sites excluding steroid dienone is 1. The Morgan fingerprint density at radius 2 is 1.85 bits per heavy atom. The smallest absolute Gasteiger partial charge is 0.317 e. The molecule has 4 aliphatic rings. The summed E-state index contributed by atoms with van der Waals surface area (Å²) in [5, 5.41) is 0. The van der Waals surface area contributed by atoms with Gasteiger partial charge < -0.3 is 9.47 Å². The van der Waals surface area contributed by atoms with E-state index in [1.807, 2.05) is 13.8 Å². The number of hydrogen-bond donors (Lipinski definition) is 0. The van der Waals surface area contributed by atoms with E-state index in [4.69, 9.17) is 9.47 Å². The lowest BCUT2D eigenvalue weighted by atomic mass is 9.48. The number of carbonyl (C=O) groups is 3. The molecule has 5 nitrogen and oxygen atoms in total. The van der Waals surface area contributed by atoms with E-state index in [1.165, 1.54) is 0 Å². The number of carbonyl (C=O) groups excluding carboxylic acids is 3. The number of rotatable bonds is 2. The van der Waals surface area contributed by atoms with Gasteiger partial charge in [0.2, 0.25) is 11.6 Å². The van der Waals surface area contributed by atoms with E-state index in [9.17, 15) is 14.4 Å². The fourth-order valence-electron chi connectivity index (χ4n) is 5.90. The van der Waals surface area contributed by atoms with Gasteiger partial charge in [-0.05, 0) is 35.8 Å². The summed E-state index contributed by atoms with van der Waals surface area (Å²) in [6, 6.07) is 0. The molecular weight excluding hydrogens is 332 g/mol. The minimum absolute atomic E-state index is 0.0645. The second-order valence-electron chi connectivity index (χ2n) is 9.06. The van der Waals surface area contributed by atoms with E-state index in [0.717, 1.165) is 12.8 Å². The summed E-state index contributed by atoms with van der Waals surface area (Å²) in [4.78, 5) is 39.1. The van der Waals surface area contributed by atoms with Crippen LogP contribution in [-0.4, -0.2) is 36.9 Å². The van der Waals surface area contributed by atoms with Crippen molar-refractivity contribution in [3.8, 4) is 0 Å². The third kappa shape index (κ3) is 1.92. The Bertz CT molecular complexity index is 784. The number of Topliss-reactive ketones (excluding diaryl/α,β-unsaturated/α-hetero) is 2. The highest BCUT2D eigenvalue weighted by atomic mass is 16.6. The van der Waals surface area contributed by atoms with Crippen molar-refractivity contribution in [2.75, 3.05) is 7.11 Å². The van der Waals surface area contributed by atoms with Gasteiger partial charge in [-0.15, -0.1) is 0 Å². The number of hydrogen-bond acceptors (Lipinski definition) is 5. The minimum Gasteiger partial charge on any atom is -0.458 e. The van der Waals surface area contributed by atoms with Gasteiger partial charge in [0, 0.05) is 24.2 Å². The van der Waals surface area contributed by atoms with E-state index < -0.39 is 29.2 Å². The van der Waals surface area contributed by atoms with Gasteiger partial charge in [-0.2, -0.15) is 0 Å². The Labute approximate surface area is 153 Å². The Hall–Kier alpha value is -1.75. The summed E-state index contributed by atoms with van der Waals surface area (Å²) in [7, 11) is 1.58. The van der Waals surface area contributed by atoms with E-state index in [-0.39, 0.29) is 23.2 Å². The molecule has 0 N–H and O–H groups in total. The number of ketones is 2. The zero-order valence-corrected chi connectivity index (χ0v) is 16.0. The molecule has 0 radical (unpaired) electrons. The fraction of sp³-hybridized carbons (Fsp3) is 0.667. The minimum atomic E-state index is -0.997. The van der Waals surface area contributed by atoms with Gasteiger partial charge in [-0.1, -0.05) is 34.1 Å². The predicted octanol–water partition coefficient (Wildman–Crippen LogP) is 2.78. The number of ether oxygens (including phenoxy) is 2. The van der Waals surface area contributed by atoms with Crippen LogP contribution in [0.2, 0.25) is 0 Å². The van der Waals surface area contributed by atoms with Crippen LogP contribution < -0.4 is 0 Å². The molecule has 26 heavy (non-hydrogen) atoms. The van der Waals surface area contributed by atoms with Crippen molar-refractivity contribution in [2.45, 2.75) is 59.2 Å². The SMILES string of the molecule is CO[C@@H]1C2=C(C(=O)C(=O)C(C(C)C)=C2)[C@]23CCCC(C)(C)[C@@H]2[C@@H]1OC3=O. The molecule has 0 aromatic carbocycles. The molecule has 4 atom stereocenters. The average molecular weight is 358 g/mol. The standard InChI is InChI=1S/C21H26O5/c1-10(2)11-9-12-13(15(23)14(11)22)21-8-6-7-20(3,4)18(21)17(16(12)25-5)26-19(21)24/h9-10,16-18H,6-8H2,1-5H3/t16-,17-,18+,21-/m1/s1. The maximum atomic E-state index is 13.2. The van der Waals surface area contributed by atoms with E-state index in [0.29, 0.717) is 23.1 Å². The first-order valence-corrected chi connectivity index (χ1v) is 9.46. The summed E-state index contributed by atoms with van der Waals surface area (Å²) < 4.78 is 11.6. The Morgan fingerprint density at radius 3 is 2.46 bits per heavy atom. The van der Waals surface area contributed by atoms with E-state index >= 15 is 0 Å². The first kappa shape index (κ1) is 17.7. The Kier molecular flexibility index (Phi) is 3.65. The molecule has 1 heterocycles. The van der Waals surface area contributed by atoms with Crippen molar-refractivity contribution in [3.05, 3.63) is 22.8 Å². The second-order valence-corrected chi connectivity index (χ2v) is 9.06. The van der Waals surface area contributed by atoms with E-state index in [1.54, 1.807) is 13.2 Å². The molecule has 1 saturated heterocycles. The highest BCUT2D eigenvalue weighted by Gasteiger charge is 2.71. The van der Waals surface area contributed by atoms with Crippen LogP contribution in [0.15, 0.2) is 22.8 Å². The quantitative estimate of drug-likeness (QED) is 0.431. The van der Waals surface area contributed by atoms with Crippen LogP contribution in [0.25, 0.3) is 0 Å². The van der Waals surface area contributed by atoms with Crippen molar-refractivity contribution < 1.29 is 23.9 Å². The molecule has 0 unspecified atom stereocenters. The van der Waals surface area contributed by atoms with Crippen LogP contribution in [0.3, 0.4) is 0 Å². The van der Waals surface area contributed by atoms with E-state index in [2.05, 4.69) is 13.8 Å². The first-order valence-electron chi connectivity index (χ1n) is 9.46. The van der Waals surface area contributed by atoms with Crippen LogP contribution >= 0.6 is 0 Å². The van der Waals surface area contributed by atoms with Crippen LogP contribution in [-0.2, 0) is 23.9 Å². The zero-order chi connectivity index (χ0) is 19.0. The molecule has 0 spiro atoms. The molecule has 2 bridgehead atoms. The normalized spacial score (nSPS) is 38.2. The largest absolute Gasteiger partial charge is 0.458 e. The van der Waals surface area contributed by atoms with Crippen LogP contribution in [0, 0.1) is 22.7 Å². The number of methoxy groups -OCH3 is 1. The lowest BCUT2D eigenvalue weighted by molar-refractivity contribution is -0.150. The second kappa shape index (κ2) is 5.38.